The van der Waals surface area contributed by atoms with E-state index < -0.39 is 18.5 Å². The third-order valence-electron chi connectivity index (χ3n) is 4.16. The van der Waals surface area contributed by atoms with E-state index in [2.05, 4.69) is 5.32 Å². The van der Waals surface area contributed by atoms with Crippen LogP contribution in [0.15, 0.2) is 54.6 Å². The van der Waals surface area contributed by atoms with E-state index >= 15 is 0 Å². The summed E-state index contributed by atoms with van der Waals surface area (Å²) in [5, 5.41) is 2.63. The van der Waals surface area contributed by atoms with Gasteiger partial charge in [-0.05, 0) is 44.0 Å². The van der Waals surface area contributed by atoms with Crippen LogP contribution in [-0.4, -0.2) is 44.8 Å². The van der Waals surface area contributed by atoms with Gasteiger partial charge in [0.15, 0.2) is 6.29 Å². The number of hydrogen-bond donors (Lipinski definition) is 1. The van der Waals surface area contributed by atoms with E-state index in [4.69, 9.17) is 18.9 Å². The minimum Gasteiger partial charge on any atom is -0.449 e. The molecule has 0 spiro atoms. The smallest absolute Gasteiger partial charge is 0.419 e. The number of hydrogen-bond acceptors (Lipinski definition) is 6. The molecule has 2 amide bonds. The van der Waals surface area contributed by atoms with Crippen LogP contribution in [0.25, 0.3) is 0 Å². The second kappa shape index (κ2) is 13.3. The fourth-order valence-corrected chi connectivity index (χ4v) is 2.76. The number of para-hydroxylation sites is 1. The molecule has 1 N–H and O–H groups in total. The summed E-state index contributed by atoms with van der Waals surface area (Å²) in [4.78, 5) is 26.4. The molecule has 0 aliphatic rings. The van der Waals surface area contributed by atoms with Gasteiger partial charge in [0.1, 0.15) is 5.75 Å². The molecule has 8 heteroatoms. The lowest BCUT2D eigenvalue weighted by Gasteiger charge is -2.26. The van der Waals surface area contributed by atoms with Gasteiger partial charge in [-0.25, -0.2) is 9.59 Å². The molecule has 8 nitrogen and oxygen atoms in total. The van der Waals surface area contributed by atoms with Crippen LogP contribution >= 0.6 is 0 Å². The minimum atomic E-state index is -0.597. The van der Waals surface area contributed by atoms with E-state index in [-0.39, 0.29) is 18.2 Å². The van der Waals surface area contributed by atoms with Crippen LogP contribution in [0.3, 0.4) is 0 Å². The van der Waals surface area contributed by atoms with Gasteiger partial charge in [-0.1, -0.05) is 38.1 Å². The number of anilines is 2. The fourth-order valence-electron chi connectivity index (χ4n) is 2.76. The van der Waals surface area contributed by atoms with Gasteiger partial charge in [0.2, 0.25) is 0 Å². The summed E-state index contributed by atoms with van der Waals surface area (Å²) in [5.41, 5.74) is 1.10. The van der Waals surface area contributed by atoms with Crippen molar-refractivity contribution in [3.63, 3.8) is 0 Å². The first-order chi connectivity index (χ1) is 15.4. The minimum absolute atomic E-state index is 0.157. The molecule has 0 atom stereocenters. The SMILES string of the molecule is CCOC(CN(C(=O)Oc1cccc(NC(=O)OCC(C)C)c1)c1ccccc1)OCC. The van der Waals surface area contributed by atoms with Crippen LogP contribution in [0.5, 0.6) is 5.75 Å². The largest absolute Gasteiger partial charge is 0.449 e. The van der Waals surface area contributed by atoms with Gasteiger partial charge in [0, 0.05) is 30.7 Å². The molecule has 0 radical (unpaired) electrons. The highest BCUT2D eigenvalue weighted by molar-refractivity contribution is 5.89. The van der Waals surface area contributed by atoms with E-state index in [1.807, 2.05) is 45.9 Å². The molecule has 0 saturated heterocycles. The number of carbonyl (C=O) groups excluding carboxylic acids is 2. The lowest BCUT2D eigenvalue weighted by molar-refractivity contribution is -0.128. The molecule has 2 aromatic rings. The lowest BCUT2D eigenvalue weighted by Crippen LogP contribution is -2.41. The molecule has 174 valence electrons. The maximum absolute atomic E-state index is 13.0. The van der Waals surface area contributed by atoms with Gasteiger partial charge in [-0.3, -0.25) is 10.2 Å². The van der Waals surface area contributed by atoms with Crippen LogP contribution in [0, 0.1) is 5.92 Å². The first-order valence-corrected chi connectivity index (χ1v) is 10.7. The quantitative estimate of drug-likeness (QED) is 0.474. The lowest BCUT2D eigenvalue weighted by atomic mass is 10.2. The van der Waals surface area contributed by atoms with Gasteiger partial charge >= 0.3 is 12.2 Å². The summed E-state index contributed by atoms with van der Waals surface area (Å²) in [6.07, 6.45) is -1.76. The summed E-state index contributed by atoms with van der Waals surface area (Å²) in [5.74, 6) is 0.510. The number of nitrogens with zero attached hydrogens (tertiary/aromatic N) is 1. The maximum Gasteiger partial charge on any atom is 0.419 e. The third-order valence-corrected chi connectivity index (χ3v) is 4.16. The van der Waals surface area contributed by atoms with Crippen LogP contribution in [0.4, 0.5) is 21.0 Å². The molecular weight excluding hydrogens is 412 g/mol. The zero-order valence-corrected chi connectivity index (χ0v) is 19.1. The number of carbonyl (C=O) groups is 2. The van der Waals surface area contributed by atoms with Crippen molar-refractivity contribution in [2.75, 3.05) is 36.6 Å². The van der Waals surface area contributed by atoms with Gasteiger partial charge in [-0.2, -0.15) is 0 Å². The highest BCUT2D eigenvalue weighted by Gasteiger charge is 2.23. The Morgan fingerprint density at radius 2 is 1.66 bits per heavy atom. The summed E-state index contributed by atoms with van der Waals surface area (Å²) in [6.45, 7) is 8.99. The Morgan fingerprint density at radius 1 is 0.969 bits per heavy atom. The average Bonchev–Trinajstić information content (AvgIpc) is 2.77. The van der Waals surface area contributed by atoms with E-state index in [9.17, 15) is 9.59 Å². The van der Waals surface area contributed by atoms with Crippen LogP contribution in [-0.2, 0) is 14.2 Å². The van der Waals surface area contributed by atoms with E-state index in [0.717, 1.165) is 0 Å². The maximum atomic E-state index is 13.0. The molecular formula is C24H32N2O6. The summed E-state index contributed by atoms with van der Waals surface area (Å²) < 4.78 is 21.9. The van der Waals surface area contributed by atoms with Crippen LogP contribution in [0.1, 0.15) is 27.7 Å². The molecule has 0 aliphatic heterocycles. The topological polar surface area (TPSA) is 86.3 Å². The number of ether oxygens (including phenoxy) is 4. The highest BCUT2D eigenvalue weighted by Crippen LogP contribution is 2.21. The molecule has 2 rings (SSSR count). The van der Waals surface area contributed by atoms with Gasteiger partial charge in [-0.15, -0.1) is 0 Å². The monoisotopic (exact) mass is 444 g/mol. The Balaban J connectivity index is 2.12. The summed E-state index contributed by atoms with van der Waals surface area (Å²) in [6, 6.07) is 15.7. The van der Waals surface area contributed by atoms with Crippen molar-refractivity contribution in [1.29, 1.82) is 0 Å². The number of amides is 2. The number of nitrogens with one attached hydrogen (secondary N) is 1. The predicted octanol–water partition coefficient (Wildman–Crippen LogP) is 5.30. The standard InChI is InChI=1S/C24H32N2O6/c1-5-29-22(30-6-2)16-26(20-12-8-7-9-13-20)24(28)32-21-14-10-11-19(15-21)25-23(27)31-17-18(3)4/h7-15,18,22H,5-6,16-17H2,1-4H3,(H,25,27). The molecule has 0 fully saturated rings. The Labute approximate surface area is 189 Å². The molecule has 0 bridgehead atoms. The molecule has 0 unspecified atom stereocenters. The van der Waals surface area contributed by atoms with Crippen molar-refractivity contribution in [1.82, 2.24) is 0 Å². The molecule has 2 aromatic carbocycles. The summed E-state index contributed by atoms with van der Waals surface area (Å²) >= 11 is 0. The third kappa shape index (κ3) is 8.56. The van der Waals surface area contributed by atoms with Gasteiger partial charge < -0.3 is 18.9 Å². The molecule has 0 aliphatic carbocycles. The van der Waals surface area contributed by atoms with Crippen molar-refractivity contribution >= 4 is 23.6 Å². The average molecular weight is 445 g/mol. The Morgan fingerprint density at radius 3 is 2.28 bits per heavy atom. The first kappa shape index (κ1) is 25.2. The molecule has 0 heterocycles. The van der Waals surface area contributed by atoms with E-state index in [1.165, 1.54) is 4.90 Å². The molecule has 0 aromatic heterocycles. The van der Waals surface area contributed by atoms with Crippen molar-refractivity contribution in [2.24, 2.45) is 5.92 Å². The summed E-state index contributed by atoms with van der Waals surface area (Å²) in [7, 11) is 0. The van der Waals surface area contributed by atoms with Crippen molar-refractivity contribution in [2.45, 2.75) is 34.0 Å². The van der Waals surface area contributed by atoms with Gasteiger partial charge in [0.25, 0.3) is 0 Å². The van der Waals surface area contributed by atoms with E-state index in [1.54, 1.807) is 36.4 Å². The Hall–Kier alpha value is -3.10. The second-order valence-electron chi connectivity index (χ2n) is 7.30. The normalized spacial score (nSPS) is 10.8. The van der Waals surface area contributed by atoms with Crippen molar-refractivity contribution in [3.8, 4) is 5.75 Å². The van der Waals surface area contributed by atoms with Crippen LogP contribution < -0.4 is 15.0 Å². The zero-order chi connectivity index (χ0) is 23.3. The van der Waals surface area contributed by atoms with Crippen molar-refractivity contribution in [3.05, 3.63) is 54.6 Å². The first-order valence-electron chi connectivity index (χ1n) is 10.7. The Kier molecular flexibility index (Phi) is 10.5. The number of rotatable bonds is 11. The van der Waals surface area contributed by atoms with Crippen LogP contribution in [0.2, 0.25) is 0 Å². The number of benzene rings is 2. The van der Waals surface area contributed by atoms with Gasteiger partial charge in [0.05, 0.1) is 13.2 Å². The molecule has 0 saturated carbocycles. The predicted molar refractivity (Wildman–Crippen MR) is 123 cm³/mol. The van der Waals surface area contributed by atoms with E-state index in [0.29, 0.717) is 31.2 Å². The Bertz CT molecular complexity index is 837. The zero-order valence-electron chi connectivity index (χ0n) is 19.1. The fraction of sp³-hybridized carbons (Fsp3) is 0.417. The van der Waals surface area contributed by atoms with Crippen molar-refractivity contribution < 1.29 is 28.5 Å². The second-order valence-corrected chi connectivity index (χ2v) is 7.30. The highest BCUT2D eigenvalue weighted by atomic mass is 16.7. The molecule has 32 heavy (non-hydrogen) atoms.